The second-order valence-corrected chi connectivity index (χ2v) is 5.05. The van der Waals surface area contributed by atoms with E-state index >= 15 is 0 Å². The zero-order valence-corrected chi connectivity index (χ0v) is 11.0. The molecule has 0 saturated carbocycles. The molecule has 0 spiro atoms. The first-order valence-corrected chi connectivity index (χ1v) is 6.57. The van der Waals surface area contributed by atoms with Crippen LogP contribution in [-0.4, -0.2) is 16.3 Å². The van der Waals surface area contributed by atoms with Crippen molar-refractivity contribution in [2.75, 3.05) is 4.90 Å². The molecule has 1 aliphatic rings. The van der Waals surface area contributed by atoms with Gasteiger partial charge in [0.1, 0.15) is 11.5 Å². The molecule has 1 saturated heterocycles. The second-order valence-electron chi connectivity index (χ2n) is 4.05. The number of aromatic hydroxyl groups is 1. The number of carbonyl (C=O) groups is 2. The Kier molecular flexibility index (Phi) is 3.08. The van der Waals surface area contributed by atoms with Crippen molar-refractivity contribution in [2.45, 2.75) is 0 Å². The highest BCUT2D eigenvalue weighted by molar-refractivity contribution is 8.19. The first kappa shape index (κ1) is 12.6. The first-order chi connectivity index (χ1) is 9.65. The molecule has 0 radical (unpaired) electrons. The molecule has 3 rings (SSSR count). The molecule has 5 nitrogen and oxygen atoms in total. The average molecular weight is 287 g/mol. The Hall–Kier alpha value is -2.47. The largest absolute Gasteiger partial charge is 0.508 e. The van der Waals surface area contributed by atoms with Gasteiger partial charge < -0.3 is 9.52 Å². The second kappa shape index (κ2) is 4.90. The molecule has 20 heavy (non-hydrogen) atoms. The van der Waals surface area contributed by atoms with E-state index in [1.54, 1.807) is 24.3 Å². The molecule has 1 aromatic carbocycles. The summed E-state index contributed by atoms with van der Waals surface area (Å²) >= 11 is 0.838. The van der Waals surface area contributed by atoms with Crippen LogP contribution in [0.5, 0.6) is 5.75 Å². The molecule has 2 amide bonds. The lowest BCUT2D eigenvalue weighted by Crippen LogP contribution is -2.27. The molecule has 0 atom stereocenters. The zero-order valence-electron chi connectivity index (χ0n) is 10.1. The summed E-state index contributed by atoms with van der Waals surface area (Å²) in [5.41, 5.74) is 0.343. The number of hydrogen-bond acceptors (Lipinski definition) is 5. The Balaban J connectivity index is 1.95. The topological polar surface area (TPSA) is 70.8 Å². The Morgan fingerprint density at radius 3 is 2.75 bits per heavy atom. The minimum absolute atomic E-state index is 0.00318. The number of imide groups is 1. The molecule has 1 N–H and O–H groups in total. The Morgan fingerprint density at radius 1 is 1.20 bits per heavy atom. The lowest BCUT2D eigenvalue weighted by Gasteiger charge is -2.12. The Morgan fingerprint density at radius 2 is 2.05 bits per heavy atom. The van der Waals surface area contributed by atoms with E-state index < -0.39 is 11.1 Å². The fourth-order valence-corrected chi connectivity index (χ4v) is 2.65. The summed E-state index contributed by atoms with van der Waals surface area (Å²) in [4.78, 5) is 25.5. The summed E-state index contributed by atoms with van der Waals surface area (Å²) < 4.78 is 5.13. The number of hydrogen-bond donors (Lipinski definition) is 1. The summed E-state index contributed by atoms with van der Waals surface area (Å²) in [5.74, 6) is 0.0740. The van der Waals surface area contributed by atoms with Gasteiger partial charge in [-0.2, -0.15) is 0 Å². The number of furan rings is 1. The number of benzene rings is 1. The minimum Gasteiger partial charge on any atom is -0.508 e. The molecule has 0 aliphatic carbocycles. The first-order valence-electron chi connectivity index (χ1n) is 5.75. The molecule has 1 aromatic heterocycles. The maximum absolute atomic E-state index is 12.2. The van der Waals surface area contributed by atoms with E-state index in [1.165, 1.54) is 24.5 Å². The predicted octanol–water partition coefficient (Wildman–Crippen LogP) is 3.23. The van der Waals surface area contributed by atoms with Gasteiger partial charge in [-0.15, -0.1) is 0 Å². The van der Waals surface area contributed by atoms with E-state index in [1.807, 2.05) is 0 Å². The van der Waals surface area contributed by atoms with Crippen molar-refractivity contribution in [3.05, 3.63) is 53.3 Å². The Bertz CT molecular complexity index is 706. The van der Waals surface area contributed by atoms with Crippen molar-refractivity contribution >= 4 is 34.7 Å². The number of anilines is 1. The molecule has 2 heterocycles. The van der Waals surface area contributed by atoms with Crippen LogP contribution >= 0.6 is 11.8 Å². The number of amides is 2. The maximum atomic E-state index is 12.2. The van der Waals surface area contributed by atoms with Gasteiger partial charge >= 0.3 is 0 Å². The van der Waals surface area contributed by atoms with E-state index in [0.717, 1.165) is 16.7 Å². The van der Waals surface area contributed by atoms with Gasteiger partial charge in [0.05, 0.1) is 16.9 Å². The van der Waals surface area contributed by atoms with Crippen molar-refractivity contribution in [2.24, 2.45) is 0 Å². The molecule has 6 heteroatoms. The van der Waals surface area contributed by atoms with Crippen LogP contribution in [-0.2, 0) is 4.79 Å². The summed E-state index contributed by atoms with van der Waals surface area (Å²) in [5, 5.41) is 9.03. The monoisotopic (exact) mass is 287 g/mol. The van der Waals surface area contributed by atoms with Crippen LogP contribution in [0.3, 0.4) is 0 Å². The van der Waals surface area contributed by atoms with E-state index in [9.17, 15) is 14.7 Å². The zero-order chi connectivity index (χ0) is 14.1. The molecular weight excluding hydrogens is 278 g/mol. The van der Waals surface area contributed by atoms with Gasteiger partial charge in [0.25, 0.3) is 11.1 Å². The Labute approximate surface area is 118 Å². The third kappa shape index (κ3) is 2.21. The molecule has 1 aliphatic heterocycles. The normalized spacial score (nSPS) is 17.2. The molecule has 0 unspecified atom stereocenters. The van der Waals surface area contributed by atoms with E-state index in [4.69, 9.17) is 4.42 Å². The standard InChI is InChI=1S/C14H9NO4S/c16-10-4-1-3-9(7-10)15-13(17)12(20-14(15)18)8-11-5-2-6-19-11/h1-8,16H. The van der Waals surface area contributed by atoms with Crippen LogP contribution in [0.15, 0.2) is 52.0 Å². The summed E-state index contributed by atoms with van der Waals surface area (Å²) in [6.07, 6.45) is 3.01. The predicted molar refractivity (Wildman–Crippen MR) is 75.3 cm³/mol. The van der Waals surface area contributed by atoms with Crippen molar-refractivity contribution in [1.82, 2.24) is 0 Å². The average Bonchev–Trinajstić information content (AvgIpc) is 2.99. The van der Waals surface area contributed by atoms with Gasteiger partial charge in [0, 0.05) is 12.1 Å². The van der Waals surface area contributed by atoms with Gasteiger partial charge in [-0.05, 0) is 36.0 Å². The van der Waals surface area contributed by atoms with Gasteiger partial charge in [-0.3, -0.25) is 9.59 Å². The number of phenolic OH excluding ortho intramolecular Hbond substituents is 1. The van der Waals surface area contributed by atoms with E-state index in [0.29, 0.717) is 11.4 Å². The van der Waals surface area contributed by atoms with E-state index in [2.05, 4.69) is 0 Å². The third-order valence-electron chi connectivity index (χ3n) is 2.70. The van der Waals surface area contributed by atoms with Gasteiger partial charge in [0.15, 0.2) is 0 Å². The van der Waals surface area contributed by atoms with Crippen LogP contribution < -0.4 is 4.90 Å². The minimum atomic E-state index is -0.429. The highest BCUT2D eigenvalue weighted by atomic mass is 32.2. The quantitative estimate of drug-likeness (QED) is 0.859. The van der Waals surface area contributed by atoms with Gasteiger partial charge in [-0.25, -0.2) is 4.90 Å². The van der Waals surface area contributed by atoms with Gasteiger partial charge in [0.2, 0.25) is 0 Å². The van der Waals surface area contributed by atoms with Crippen LogP contribution in [0.4, 0.5) is 10.5 Å². The summed E-state index contributed by atoms with van der Waals surface area (Å²) in [7, 11) is 0. The van der Waals surface area contributed by atoms with Crippen LogP contribution in [0.2, 0.25) is 0 Å². The third-order valence-corrected chi connectivity index (χ3v) is 3.57. The molecule has 0 bridgehead atoms. The van der Waals surface area contributed by atoms with Crippen LogP contribution in [0, 0.1) is 0 Å². The fraction of sp³-hybridized carbons (Fsp3) is 0. The van der Waals surface area contributed by atoms with Gasteiger partial charge in [-0.1, -0.05) is 6.07 Å². The van der Waals surface area contributed by atoms with Crippen molar-refractivity contribution in [3.63, 3.8) is 0 Å². The van der Waals surface area contributed by atoms with Crippen LogP contribution in [0.1, 0.15) is 5.76 Å². The van der Waals surface area contributed by atoms with Crippen molar-refractivity contribution < 1.29 is 19.1 Å². The summed E-state index contributed by atoms with van der Waals surface area (Å²) in [6, 6.07) is 9.40. The van der Waals surface area contributed by atoms with E-state index in [-0.39, 0.29) is 10.7 Å². The number of nitrogens with zero attached hydrogens (tertiary/aromatic N) is 1. The fourth-order valence-electron chi connectivity index (χ4n) is 1.83. The maximum Gasteiger partial charge on any atom is 0.298 e. The number of carbonyl (C=O) groups excluding carboxylic acids is 2. The van der Waals surface area contributed by atoms with Crippen molar-refractivity contribution in [3.8, 4) is 5.75 Å². The van der Waals surface area contributed by atoms with Crippen molar-refractivity contribution in [1.29, 1.82) is 0 Å². The summed E-state index contributed by atoms with van der Waals surface area (Å²) in [6.45, 7) is 0. The highest BCUT2D eigenvalue weighted by Gasteiger charge is 2.36. The lowest BCUT2D eigenvalue weighted by atomic mass is 10.2. The number of rotatable bonds is 2. The lowest BCUT2D eigenvalue weighted by molar-refractivity contribution is -0.113. The highest BCUT2D eigenvalue weighted by Crippen LogP contribution is 2.36. The molecule has 100 valence electrons. The van der Waals surface area contributed by atoms with Crippen LogP contribution in [0.25, 0.3) is 6.08 Å². The number of thioether (sulfide) groups is 1. The smallest absolute Gasteiger partial charge is 0.298 e. The molecular formula is C14H9NO4S. The molecule has 1 fully saturated rings. The molecule has 2 aromatic rings. The number of phenols is 1. The SMILES string of the molecule is O=C1SC(=Cc2ccco2)C(=O)N1c1cccc(O)c1.